The lowest BCUT2D eigenvalue weighted by atomic mass is 9.77. The highest BCUT2D eigenvalue weighted by atomic mass is 35.5. The smallest absolute Gasteiger partial charge is 0.292 e. The van der Waals surface area contributed by atoms with Gasteiger partial charge in [-0.2, -0.15) is 22.9 Å². The van der Waals surface area contributed by atoms with E-state index in [1.54, 1.807) is 12.1 Å². The van der Waals surface area contributed by atoms with E-state index in [0.717, 1.165) is 22.9 Å². The lowest BCUT2D eigenvalue weighted by molar-refractivity contribution is -0.139. The van der Waals surface area contributed by atoms with Gasteiger partial charge in [0.05, 0.1) is 5.69 Å². The predicted octanol–water partition coefficient (Wildman–Crippen LogP) is 5.66. The van der Waals surface area contributed by atoms with Gasteiger partial charge in [-0.3, -0.25) is 9.89 Å². The van der Waals surface area contributed by atoms with Crippen molar-refractivity contribution >= 4 is 28.8 Å². The number of aromatic nitrogens is 3. The number of aromatic amines is 1. The second-order valence-corrected chi connectivity index (χ2v) is 8.20. The second kappa shape index (κ2) is 7.64. The summed E-state index contributed by atoms with van der Waals surface area (Å²) in [6, 6.07) is 7.38. The molecule has 2 heterocycles. The largest absolute Gasteiger partial charge is 0.423 e. The molecule has 0 atom stereocenters. The van der Waals surface area contributed by atoms with Crippen LogP contribution in [0.15, 0.2) is 29.2 Å². The zero-order valence-corrected chi connectivity index (χ0v) is 16.9. The van der Waals surface area contributed by atoms with Gasteiger partial charge >= 0.3 is 6.18 Å². The molecule has 0 bridgehead atoms. The first-order valence-corrected chi connectivity index (χ1v) is 10.0. The van der Waals surface area contributed by atoms with Crippen LogP contribution in [0.4, 0.5) is 13.2 Å². The second-order valence-electron chi connectivity index (χ2n) is 7.36. The van der Waals surface area contributed by atoms with Crippen LogP contribution in [0.3, 0.4) is 0 Å². The van der Waals surface area contributed by atoms with Crippen LogP contribution in [-0.4, -0.2) is 14.6 Å². The Kier molecular flexibility index (Phi) is 5.28. The molecule has 0 unspecified atom stereocenters. The van der Waals surface area contributed by atoms with Crippen LogP contribution < -0.4 is 5.56 Å². The van der Waals surface area contributed by atoms with Gasteiger partial charge in [0.1, 0.15) is 17.2 Å². The first kappa shape index (κ1) is 20.8. The van der Waals surface area contributed by atoms with E-state index >= 15 is 0 Å². The van der Waals surface area contributed by atoms with Crippen molar-refractivity contribution in [1.82, 2.24) is 14.6 Å². The fourth-order valence-corrected chi connectivity index (χ4v) is 4.72. The number of benzene rings is 1. The minimum absolute atomic E-state index is 0.0895. The van der Waals surface area contributed by atoms with Crippen LogP contribution in [0.25, 0.3) is 5.65 Å². The van der Waals surface area contributed by atoms with Gasteiger partial charge in [-0.15, -0.1) is 0 Å². The van der Waals surface area contributed by atoms with E-state index in [9.17, 15) is 23.2 Å². The molecule has 4 rings (SSSR count). The molecule has 156 valence electrons. The van der Waals surface area contributed by atoms with Gasteiger partial charge in [0.25, 0.3) is 5.56 Å². The third-order valence-electron chi connectivity index (χ3n) is 5.64. The Bertz CT molecular complexity index is 1220. The van der Waals surface area contributed by atoms with Crippen molar-refractivity contribution in [2.45, 2.75) is 43.7 Å². The third kappa shape index (κ3) is 3.57. The number of hydrogen-bond acceptors (Lipinski definition) is 3. The van der Waals surface area contributed by atoms with Crippen molar-refractivity contribution in [3.8, 4) is 6.07 Å². The number of nitrogens with one attached hydrogen (secondary N) is 1. The molecule has 1 aliphatic carbocycles. The summed E-state index contributed by atoms with van der Waals surface area (Å²) in [5.41, 5.74) is -1.18. The van der Waals surface area contributed by atoms with E-state index in [0.29, 0.717) is 34.8 Å². The summed E-state index contributed by atoms with van der Waals surface area (Å²) in [7, 11) is 0. The Morgan fingerprint density at radius 2 is 1.83 bits per heavy atom. The highest BCUT2D eigenvalue weighted by Gasteiger charge is 2.36. The summed E-state index contributed by atoms with van der Waals surface area (Å²) in [4.78, 5) is 16.0. The number of nitriles is 1. The number of alkyl halides is 3. The van der Waals surface area contributed by atoms with Gasteiger partial charge in [-0.25, -0.2) is 4.98 Å². The van der Waals surface area contributed by atoms with Crippen LogP contribution in [0.1, 0.15) is 59.9 Å². The molecule has 2 aromatic heterocycles. The SMILES string of the molecule is N#Cc1c(C2CCC(c3ccc(Cl)cc3Cl)CC2)[nH]n2c(=O)c(C(F)(F)F)cnc12. The number of hydrogen-bond donors (Lipinski definition) is 1. The first-order valence-electron chi connectivity index (χ1n) is 9.26. The highest BCUT2D eigenvalue weighted by molar-refractivity contribution is 6.35. The van der Waals surface area contributed by atoms with Crippen LogP contribution in [0.5, 0.6) is 0 Å². The molecule has 1 aliphatic rings. The lowest BCUT2D eigenvalue weighted by Crippen LogP contribution is -2.26. The predicted molar refractivity (Wildman–Crippen MR) is 106 cm³/mol. The number of nitrogens with zero attached hydrogens (tertiary/aromatic N) is 3. The van der Waals surface area contributed by atoms with Gasteiger partial charge < -0.3 is 0 Å². The Balaban J connectivity index is 1.65. The molecule has 10 heteroatoms. The maximum atomic E-state index is 13.0. The summed E-state index contributed by atoms with van der Waals surface area (Å²) < 4.78 is 39.8. The molecule has 5 nitrogen and oxygen atoms in total. The van der Waals surface area contributed by atoms with E-state index in [-0.39, 0.29) is 23.0 Å². The summed E-state index contributed by atoms with van der Waals surface area (Å²) in [5.74, 6) is 0.121. The average molecular weight is 455 g/mol. The molecule has 1 fully saturated rings. The molecule has 0 spiro atoms. The van der Waals surface area contributed by atoms with E-state index < -0.39 is 17.3 Å². The highest BCUT2D eigenvalue weighted by Crippen LogP contribution is 2.43. The van der Waals surface area contributed by atoms with E-state index in [2.05, 4.69) is 10.1 Å². The number of halogens is 5. The van der Waals surface area contributed by atoms with E-state index in [4.69, 9.17) is 23.2 Å². The average Bonchev–Trinajstić information content (AvgIpc) is 3.07. The van der Waals surface area contributed by atoms with Crippen LogP contribution >= 0.6 is 23.2 Å². The molecule has 0 amide bonds. The van der Waals surface area contributed by atoms with E-state index in [1.165, 1.54) is 0 Å². The summed E-state index contributed by atoms with van der Waals surface area (Å²) in [6.45, 7) is 0. The zero-order chi connectivity index (χ0) is 21.6. The first-order chi connectivity index (χ1) is 14.2. The topological polar surface area (TPSA) is 73.9 Å². The molecule has 0 radical (unpaired) electrons. The quantitative estimate of drug-likeness (QED) is 0.542. The maximum Gasteiger partial charge on any atom is 0.423 e. The van der Waals surface area contributed by atoms with Crippen LogP contribution in [0.2, 0.25) is 10.0 Å². The van der Waals surface area contributed by atoms with Crippen molar-refractivity contribution in [3.63, 3.8) is 0 Å². The van der Waals surface area contributed by atoms with Gasteiger partial charge in [0.15, 0.2) is 5.65 Å². The third-order valence-corrected chi connectivity index (χ3v) is 6.20. The Morgan fingerprint density at radius 3 is 2.43 bits per heavy atom. The molecule has 1 aromatic carbocycles. The summed E-state index contributed by atoms with van der Waals surface area (Å²) in [6.07, 6.45) is -1.41. The van der Waals surface area contributed by atoms with Gasteiger partial charge in [0, 0.05) is 22.2 Å². The number of fused-ring (bicyclic) bond motifs is 1. The van der Waals surface area contributed by atoms with E-state index in [1.807, 2.05) is 12.1 Å². The van der Waals surface area contributed by atoms with Crippen molar-refractivity contribution in [3.05, 3.63) is 67.2 Å². The molecule has 0 aliphatic heterocycles. The molecular weight excluding hydrogens is 440 g/mol. The maximum absolute atomic E-state index is 13.0. The number of H-pyrrole nitrogens is 1. The fraction of sp³-hybridized carbons (Fsp3) is 0.350. The van der Waals surface area contributed by atoms with Crippen molar-refractivity contribution < 1.29 is 13.2 Å². The summed E-state index contributed by atoms with van der Waals surface area (Å²) in [5, 5.41) is 13.4. The fourth-order valence-electron chi connectivity index (χ4n) is 4.16. The standard InChI is InChI=1S/C20H15Cl2F3N4O/c21-12-5-6-13(16(22)7-12)10-1-3-11(4-2-10)17-14(8-26)18-27-9-15(20(23,24)25)19(30)29(18)28-17/h5-7,9-11,28H,1-4H2. The molecule has 0 saturated heterocycles. The van der Waals surface area contributed by atoms with Crippen LogP contribution in [-0.2, 0) is 6.18 Å². The Hall–Kier alpha value is -2.50. The van der Waals surface area contributed by atoms with Crippen molar-refractivity contribution in [2.24, 2.45) is 0 Å². The lowest BCUT2D eigenvalue weighted by Gasteiger charge is -2.29. The van der Waals surface area contributed by atoms with Gasteiger partial charge in [-0.1, -0.05) is 29.3 Å². The van der Waals surface area contributed by atoms with Gasteiger partial charge in [0.2, 0.25) is 0 Å². The summed E-state index contributed by atoms with van der Waals surface area (Å²) >= 11 is 12.3. The monoisotopic (exact) mass is 454 g/mol. The molecule has 30 heavy (non-hydrogen) atoms. The zero-order valence-electron chi connectivity index (χ0n) is 15.4. The van der Waals surface area contributed by atoms with Gasteiger partial charge in [-0.05, 0) is 49.3 Å². The van der Waals surface area contributed by atoms with Crippen molar-refractivity contribution in [1.29, 1.82) is 5.26 Å². The Labute approximate surface area is 179 Å². The van der Waals surface area contributed by atoms with Crippen LogP contribution in [0, 0.1) is 11.3 Å². The molecule has 1 N–H and O–H groups in total. The molecular formula is C20H15Cl2F3N4O. The number of rotatable bonds is 2. The van der Waals surface area contributed by atoms with Crippen molar-refractivity contribution in [2.75, 3.05) is 0 Å². The molecule has 3 aromatic rings. The Morgan fingerprint density at radius 1 is 1.17 bits per heavy atom. The normalized spacial score (nSPS) is 19.7. The minimum atomic E-state index is -4.82. The molecule has 1 saturated carbocycles. The minimum Gasteiger partial charge on any atom is -0.292 e.